The van der Waals surface area contributed by atoms with Crippen molar-refractivity contribution in [2.75, 3.05) is 13.1 Å². The Hall–Kier alpha value is -2.54. The third-order valence-corrected chi connectivity index (χ3v) is 5.11. The van der Waals surface area contributed by atoms with Crippen molar-refractivity contribution in [2.24, 2.45) is 11.7 Å². The Bertz CT molecular complexity index is 851. The highest BCUT2D eigenvalue weighted by Crippen LogP contribution is 2.28. The number of aromatic nitrogens is 2. The number of carbonyl (C=O) groups is 2. The van der Waals surface area contributed by atoms with E-state index in [2.05, 4.69) is 5.10 Å². The summed E-state index contributed by atoms with van der Waals surface area (Å²) in [5, 5.41) is 4.82. The fourth-order valence-electron chi connectivity index (χ4n) is 3.58. The molecule has 0 aliphatic carbocycles. The van der Waals surface area contributed by atoms with Crippen LogP contribution in [-0.2, 0) is 4.79 Å². The Morgan fingerprint density at radius 1 is 1.36 bits per heavy atom. The minimum absolute atomic E-state index is 0.0825. The molecular weight excluding hydrogens is 380 g/mol. The van der Waals surface area contributed by atoms with Crippen molar-refractivity contribution in [1.82, 2.24) is 14.7 Å². The molecule has 8 heteroatoms. The fourth-order valence-corrected chi connectivity index (χ4v) is 3.76. The first-order valence-corrected chi connectivity index (χ1v) is 9.76. The van der Waals surface area contributed by atoms with Gasteiger partial charge in [-0.25, -0.2) is 0 Å². The van der Waals surface area contributed by atoms with Crippen LogP contribution < -0.4 is 10.5 Å². The number of amides is 2. The molecule has 28 heavy (non-hydrogen) atoms. The second-order valence-corrected chi connectivity index (χ2v) is 7.78. The molecule has 1 aromatic heterocycles. The number of hydrogen-bond acceptors (Lipinski definition) is 4. The highest BCUT2D eigenvalue weighted by molar-refractivity contribution is 6.30. The zero-order valence-corrected chi connectivity index (χ0v) is 16.8. The molecule has 1 fully saturated rings. The van der Waals surface area contributed by atoms with Crippen molar-refractivity contribution in [1.29, 1.82) is 0 Å². The molecule has 3 rings (SSSR count). The van der Waals surface area contributed by atoms with Gasteiger partial charge in [0.25, 0.3) is 5.91 Å². The Balaban J connectivity index is 1.75. The van der Waals surface area contributed by atoms with Crippen LogP contribution in [0.3, 0.4) is 0 Å². The summed E-state index contributed by atoms with van der Waals surface area (Å²) in [6.07, 6.45) is 2.16. The van der Waals surface area contributed by atoms with Crippen LogP contribution in [0.4, 0.5) is 0 Å². The largest absolute Gasteiger partial charge is 0.490 e. The van der Waals surface area contributed by atoms with Crippen molar-refractivity contribution in [3.63, 3.8) is 0 Å². The summed E-state index contributed by atoms with van der Waals surface area (Å²) >= 11 is 6.03. The van der Waals surface area contributed by atoms with Crippen LogP contribution >= 0.6 is 11.6 Å². The third kappa shape index (κ3) is 4.65. The van der Waals surface area contributed by atoms with E-state index in [1.807, 2.05) is 26.0 Å². The Morgan fingerprint density at radius 2 is 2.14 bits per heavy atom. The lowest BCUT2D eigenvalue weighted by molar-refractivity contribution is -0.120. The number of rotatable bonds is 6. The molecule has 0 radical (unpaired) electrons. The number of hydrogen-bond donors (Lipinski definition) is 1. The molecule has 150 valence electrons. The highest BCUT2D eigenvalue weighted by Gasteiger charge is 2.35. The summed E-state index contributed by atoms with van der Waals surface area (Å²) in [7, 11) is 0. The lowest BCUT2D eigenvalue weighted by Crippen LogP contribution is -2.49. The maximum Gasteiger partial charge on any atom is 0.272 e. The van der Waals surface area contributed by atoms with Crippen LogP contribution in [0, 0.1) is 5.92 Å². The van der Waals surface area contributed by atoms with Gasteiger partial charge in [0.1, 0.15) is 17.5 Å². The van der Waals surface area contributed by atoms with E-state index in [4.69, 9.17) is 22.1 Å². The molecule has 1 aliphatic rings. The van der Waals surface area contributed by atoms with Gasteiger partial charge < -0.3 is 15.4 Å². The predicted octanol–water partition coefficient (Wildman–Crippen LogP) is 2.90. The summed E-state index contributed by atoms with van der Waals surface area (Å²) in [6.45, 7) is 4.88. The Labute approximate surface area is 169 Å². The number of nitrogens with two attached hydrogens (primary N) is 1. The summed E-state index contributed by atoms with van der Waals surface area (Å²) in [6, 6.07) is 8.95. The van der Waals surface area contributed by atoms with Crippen LogP contribution in [0.2, 0.25) is 5.02 Å². The lowest BCUT2D eigenvalue weighted by Gasteiger charge is -2.38. The summed E-state index contributed by atoms with van der Waals surface area (Å²) in [4.78, 5) is 26.4. The minimum Gasteiger partial charge on any atom is -0.490 e. The van der Waals surface area contributed by atoms with Crippen molar-refractivity contribution >= 4 is 23.4 Å². The zero-order chi connectivity index (χ0) is 20.3. The van der Waals surface area contributed by atoms with Crippen LogP contribution in [0.25, 0.3) is 0 Å². The number of nitrogens with zero attached hydrogens (tertiary/aromatic N) is 3. The Kier molecular flexibility index (Phi) is 6.24. The number of carbonyl (C=O) groups excluding carboxylic acids is 2. The van der Waals surface area contributed by atoms with E-state index in [1.165, 1.54) is 0 Å². The summed E-state index contributed by atoms with van der Waals surface area (Å²) < 4.78 is 7.79. The maximum atomic E-state index is 13.0. The van der Waals surface area contributed by atoms with Crippen LogP contribution in [-0.4, -0.2) is 45.7 Å². The molecule has 7 nitrogen and oxygen atoms in total. The van der Waals surface area contributed by atoms with Crippen LogP contribution in [0.15, 0.2) is 36.5 Å². The second-order valence-electron chi connectivity index (χ2n) is 7.34. The number of ether oxygens (including phenoxy) is 1. The molecule has 1 aliphatic heterocycles. The predicted molar refractivity (Wildman–Crippen MR) is 106 cm³/mol. The molecule has 2 N–H and O–H groups in total. The SMILES string of the molecule is CC(C)n1nccc1C(=O)N1CC[C@H](Oc2cccc(Cl)c2)[C@@H](CC(N)=O)C1. The second kappa shape index (κ2) is 8.65. The first kappa shape index (κ1) is 20.2. The van der Waals surface area contributed by atoms with Crippen molar-refractivity contribution in [3.8, 4) is 5.75 Å². The van der Waals surface area contributed by atoms with Gasteiger partial charge in [0, 0.05) is 49.1 Å². The summed E-state index contributed by atoms with van der Waals surface area (Å²) in [5.41, 5.74) is 5.99. The molecule has 0 unspecified atom stereocenters. The molecule has 1 saturated heterocycles. The van der Waals surface area contributed by atoms with E-state index >= 15 is 0 Å². The molecule has 2 aromatic rings. The maximum absolute atomic E-state index is 13.0. The van der Waals surface area contributed by atoms with E-state index in [0.29, 0.717) is 36.0 Å². The topological polar surface area (TPSA) is 90.4 Å². The van der Waals surface area contributed by atoms with Gasteiger partial charge >= 0.3 is 0 Å². The van der Waals surface area contributed by atoms with Gasteiger partial charge in [0.05, 0.1) is 0 Å². The number of piperidine rings is 1. The van der Waals surface area contributed by atoms with Gasteiger partial charge in [-0.2, -0.15) is 5.10 Å². The first-order chi connectivity index (χ1) is 13.3. The Morgan fingerprint density at radius 3 is 2.82 bits per heavy atom. The van der Waals surface area contributed by atoms with Crippen molar-refractivity contribution in [2.45, 2.75) is 38.8 Å². The van der Waals surface area contributed by atoms with Crippen LogP contribution in [0.5, 0.6) is 5.75 Å². The van der Waals surface area contributed by atoms with Gasteiger partial charge in [0.2, 0.25) is 5.91 Å². The van der Waals surface area contributed by atoms with Gasteiger partial charge in [-0.05, 0) is 38.1 Å². The van der Waals surface area contributed by atoms with Gasteiger partial charge in [-0.3, -0.25) is 14.3 Å². The molecule has 0 spiro atoms. The average molecular weight is 405 g/mol. The number of primary amides is 1. The smallest absolute Gasteiger partial charge is 0.272 e. The fraction of sp³-hybridized carbons (Fsp3) is 0.450. The van der Waals surface area contributed by atoms with E-state index in [0.717, 1.165) is 0 Å². The molecular formula is C20H25ClN4O3. The van der Waals surface area contributed by atoms with E-state index in [1.54, 1.807) is 34.0 Å². The average Bonchev–Trinajstić information content (AvgIpc) is 3.12. The molecule has 0 saturated carbocycles. The van der Waals surface area contributed by atoms with Crippen molar-refractivity contribution in [3.05, 3.63) is 47.2 Å². The number of benzene rings is 1. The van der Waals surface area contributed by atoms with Crippen LogP contribution in [0.1, 0.15) is 43.2 Å². The normalized spacial score (nSPS) is 19.6. The monoisotopic (exact) mass is 404 g/mol. The minimum atomic E-state index is -0.411. The lowest BCUT2D eigenvalue weighted by atomic mass is 9.91. The van der Waals surface area contributed by atoms with Gasteiger partial charge in [-0.15, -0.1) is 0 Å². The number of halogens is 1. The molecule has 2 heterocycles. The van der Waals surface area contributed by atoms with Crippen molar-refractivity contribution < 1.29 is 14.3 Å². The third-order valence-electron chi connectivity index (χ3n) is 4.88. The zero-order valence-electron chi connectivity index (χ0n) is 16.0. The highest BCUT2D eigenvalue weighted by atomic mass is 35.5. The molecule has 2 atom stereocenters. The van der Waals surface area contributed by atoms with E-state index in [-0.39, 0.29) is 30.4 Å². The summed E-state index contributed by atoms with van der Waals surface area (Å²) in [5.74, 6) is -0.0534. The van der Waals surface area contributed by atoms with E-state index < -0.39 is 5.91 Å². The molecule has 2 amide bonds. The molecule has 0 bridgehead atoms. The standard InChI is InChI=1S/C20H25ClN4O3/c1-13(2)25-17(6-8-23-25)20(27)24-9-7-18(14(12-24)10-19(22)26)28-16-5-3-4-15(21)11-16/h3-6,8,11,13-14,18H,7,9-10,12H2,1-2H3,(H2,22,26)/t14-,18-/m0/s1. The van der Waals surface area contributed by atoms with E-state index in [9.17, 15) is 9.59 Å². The van der Waals surface area contributed by atoms with Gasteiger partial charge in [0.15, 0.2) is 0 Å². The van der Waals surface area contributed by atoms with Gasteiger partial charge in [-0.1, -0.05) is 17.7 Å². The number of likely N-dealkylation sites (tertiary alicyclic amines) is 1. The molecule has 1 aromatic carbocycles. The first-order valence-electron chi connectivity index (χ1n) is 9.38. The quantitative estimate of drug-likeness (QED) is 0.801.